The van der Waals surface area contributed by atoms with Gasteiger partial charge in [-0.1, -0.05) is 169 Å². The predicted octanol–water partition coefficient (Wildman–Crippen LogP) is 12.0. The van der Waals surface area contributed by atoms with Gasteiger partial charge in [0, 0.05) is 13.2 Å². The molecule has 0 amide bonds. The lowest BCUT2D eigenvalue weighted by molar-refractivity contribution is 0.125. The van der Waals surface area contributed by atoms with Crippen LogP contribution in [0.15, 0.2) is 0 Å². The van der Waals surface area contributed by atoms with Crippen LogP contribution in [-0.4, -0.2) is 28.4 Å². The van der Waals surface area contributed by atoms with Crippen LogP contribution in [-0.2, 0) is 4.74 Å². The lowest BCUT2D eigenvalue weighted by Gasteiger charge is -2.04. The van der Waals surface area contributed by atoms with Crippen molar-refractivity contribution in [2.24, 2.45) is 0 Å². The van der Waals surface area contributed by atoms with E-state index >= 15 is 0 Å². The van der Waals surface area contributed by atoms with Crippen LogP contribution < -0.4 is 0 Å². The van der Waals surface area contributed by atoms with Crippen molar-refractivity contribution >= 4 is 15.2 Å². The molecule has 0 aliphatic heterocycles. The zero-order chi connectivity index (χ0) is 25.2. The van der Waals surface area contributed by atoms with Crippen molar-refractivity contribution in [1.82, 2.24) is 0 Å². The summed E-state index contributed by atoms with van der Waals surface area (Å²) in [6.45, 7) is 11.1. The Bertz CT molecular complexity index is 249. The highest BCUT2D eigenvalue weighted by molar-refractivity contribution is 6.35. The number of hydrogen-bond donors (Lipinski definition) is 0. The SMILES string of the molecule is CCCCCCCCOCCCCCCCC.CCCCCCC[CH2][Al][CH2]CCCCCCC. The van der Waals surface area contributed by atoms with Crippen LogP contribution in [0.3, 0.4) is 0 Å². The van der Waals surface area contributed by atoms with E-state index in [1.54, 1.807) is 10.6 Å². The molecule has 2 heteroatoms. The van der Waals surface area contributed by atoms with Gasteiger partial charge in [0.25, 0.3) is 0 Å². The van der Waals surface area contributed by atoms with Gasteiger partial charge in [-0.3, -0.25) is 0 Å². The topological polar surface area (TPSA) is 9.23 Å². The number of rotatable bonds is 28. The van der Waals surface area contributed by atoms with E-state index in [9.17, 15) is 0 Å². The Balaban J connectivity index is 0. The number of unbranched alkanes of at least 4 members (excludes halogenated alkanes) is 20. The maximum atomic E-state index is 5.65. The van der Waals surface area contributed by atoms with E-state index in [4.69, 9.17) is 4.74 Å². The summed E-state index contributed by atoms with van der Waals surface area (Å²) in [5.74, 6) is 0. The fourth-order valence-electron chi connectivity index (χ4n) is 4.35. The summed E-state index contributed by atoms with van der Waals surface area (Å²) in [5, 5.41) is 3.14. The molecule has 205 valence electrons. The van der Waals surface area contributed by atoms with Crippen molar-refractivity contribution < 1.29 is 4.74 Å². The van der Waals surface area contributed by atoms with E-state index < -0.39 is 0 Å². The lowest BCUT2D eigenvalue weighted by Crippen LogP contribution is -1.97. The van der Waals surface area contributed by atoms with E-state index in [-0.39, 0.29) is 0 Å². The van der Waals surface area contributed by atoms with E-state index in [0.29, 0.717) is 0 Å². The monoisotopic (exact) mass is 496 g/mol. The first kappa shape index (κ1) is 36.6. The molecule has 0 aromatic rings. The Morgan fingerprint density at radius 1 is 0.324 bits per heavy atom. The highest BCUT2D eigenvalue weighted by atomic mass is 27.1. The van der Waals surface area contributed by atoms with Gasteiger partial charge in [-0.25, -0.2) is 0 Å². The second kappa shape index (κ2) is 38.0. The summed E-state index contributed by atoms with van der Waals surface area (Å²) < 4.78 is 5.65. The average molecular weight is 496 g/mol. The van der Waals surface area contributed by atoms with Gasteiger partial charge in [-0.05, 0) is 12.8 Å². The fraction of sp³-hybridized carbons (Fsp3) is 1.00. The van der Waals surface area contributed by atoms with Gasteiger partial charge < -0.3 is 4.74 Å². The molecule has 0 fully saturated rings. The Kier molecular flexibility index (Phi) is 41.0. The first-order valence-electron chi connectivity index (χ1n) is 16.2. The molecule has 0 saturated heterocycles. The van der Waals surface area contributed by atoms with Crippen LogP contribution in [0.25, 0.3) is 0 Å². The Hall–Kier alpha value is 0.492. The zero-order valence-corrected chi connectivity index (χ0v) is 25.9. The van der Waals surface area contributed by atoms with Crippen molar-refractivity contribution in [3.63, 3.8) is 0 Å². The second-order valence-electron chi connectivity index (χ2n) is 10.5. The minimum Gasteiger partial charge on any atom is -0.381 e. The average Bonchev–Trinajstić information content (AvgIpc) is 2.85. The molecule has 0 atom stereocenters. The van der Waals surface area contributed by atoms with Gasteiger partial charge in [-0.15, -0.1) is 10.6 Å². The summed E-state index contributed by atoms with van der Waals surface area (Å²) in [7, 11) is 0. The molecule has 0 aliphatic rings. The predicted molar refractivity (Wildman–Crippen MR) is 160 cm³/mol. The summed E-state index contributed by atoms with van der Waals surface area (Å²) in [6, 6.07) is 0. The molecule has 0 aromatic carbocycles. The molecule has 0 saturated carbocycles. The van der Waals surface area contributed by atoms with E-state index in [1.165, 1.54) is 154 Å². The van der Waals surface area contributed by atoms with Gasteiger partial charge in [-0.2, -0.15) is 0 Å². The first-order chi connectivity index (χ1) is 16.8. The van der Waals surface area contributed by atoms with Crippen molar-refractivity contribution in [3.8, 4) is 0 Å². The van der Waals surface area contributed by atoms with Crippen LogP contribution in [0, 0.1) is 0 Å². The van der Waals surface area contributed by atoms with Crippen LogP contribution in [0.2, 0.25) is 10.6 Å². The van der Waals surface area contributed by atoms with Crippen molar-refractivity contribution in [2.75, 3.05) is 13.2 Å². The Morgan fingerprint density at radius 3 is 0.912 bits per heavy atom. The third kappa shape index (κ3) is 39.7. The van der Waals surface area contributed by atoms with Gasteiger partial charge in [0.15, 0.2) is 15.2 Å². The number of hydrogen-bond acceptors (Lipinski definition) is 1. The van der Waals surface area contributed by atoms with E-state index in [0.717, 1.165) is 28.4 Å². The second-order valence-corrected chi connectivity index (χ2v) is 12.3. The smallest absolute Gasteiger partial charge is 0.199 e. The largest absolute Gasteiger partial charge is 0.381 e. The van der Waals surface area contributed by atoms with Gasteiger partial charge >= 0.3 is 0 Å². The van der Waals surface area contributed by atoms with Crippen molar-refractivity contribution in [3.05, 3.63) is 0 Å². The van der Waals surface area contributed by atoms with Crippen molar-refractivity contribution in [1.29, 1.82) is 0 Å². The van der Waals surface area contributed by atoms with Crippen LogP contribution in [0.1, 0.15) is 182 Å². The van der Waals surface area contributed by atoms with Gasteiger partial charge in [0.1, 0.15) is 0 Å². The summed E-state index contributed by atoms with van der Waals surface area (Å²) in [6.07, 6.45) is 34.0. The lowest BCUT2D eigenvalue weighted by atomic mass is 10.1. The minimum atomic E-state index is 0.794. The molecule has 0 unspecified atom stereocenters. The first-order valence-corrected chi connectivity index (χ1v) is 17.9. The van der Waals surface area contributed by atoms with Crippen LogP contribution in [0.4, 0.5) is 0 Å². The molecule has 1 radical (unpaired) electrons. The number of ether oxygens (including phenoxy) is 1. The molecule has 0 rings (SSSR count). The third-order valence-corrected chi connectivity index (χ3v) is 8.44. The summed E-state index contributed by atoms with van der Waals surface area (Å²) in [4.78, 5) is 0. The van der Waals surface area contributed by atoms with Crippen LogP contribution >= 0.6 is 0 Å². The highest BCUT2D eigenvalue weighted by Gasteiger charge is 1.95. The molecule has 0 N–H and O–H groups in total. The van der Waals surface area contributed by atoms with Crippen molar-refractivity contribution in [2.45, 2.75) is 192 Å². The van der Waals surface area contributed by atoms with Crippen LogP contribution in [0.5, 0.6) is 0 Å². The molecule has 0 aliphatic carbocycles. The molecule has 0 aromatic heterocycles. The molecule has 0 bridgehead atoms. The summed E-state index contributed by atoms with van der Waals surface area (Å²) >= 11 is 0.794. The molecular weight excluding hydrogens is 427 g/mol. The standard InChI is InChI=1S/C16H34O.2C8H17.Al/c1-3-5-7-9-11-13-15-17-16-14-12-10-8-6-4-2;2*1-3-5-7-8-6-4-2;/h3-16H2,1-2H3;2*1,3-8H2,2H3;. The maximum Gasteiger partial charge on any atom is 0.199 e. The maximum absolute atomic E-state index is 5.65. The minimum absolute atomic E-state index is 0.794. The molecule has 1 nitrogen and oxygen atoms in total. The normalized spacial score (nSPS) is 10.8. The van der Waals surface area contributed by atoms with E-state index in [1.807, 2.05) is 0 Å². The van der Waals surface area contributed by atoms with E-state index in [2.05, 4.69) is 27.7 Å². The molecule has 34 heavy (non-hydrogen) atoms. The van der Waals surface area contributed by atoms with Gasteiger partial charge in [0.2, 0.25) is 0 Å². The summed E-state index contributed by atoms with van der Waals surface area (Å²) in [5.41, 5.74) is 0. The fourth-order valence-corrected chi connectivity index (χ4v) is 5.80. The van der Waals surface area contributed by atoms with Gasteiger partial charge in [0.05, 0.1) is 0 Å². The highest BCUT2D eigenvalue weighted by Crippen LogP contribution is 2.10. The Labute approximate surface area is 225 Å². The quantitative estimate of drug-likeness (QED) is 0.0774. The molecular formula is C32H68AlO. The Morgan fingerprint density at radius 2 is 0.588 bits per heavy atom. The molecule has 0 heterocycles. The third-order valence-electron chi connectivity index (χ3n) is 6.81. The molecule has 0 spiro atoms. The zero-order valence-electron chi connectivity index (χ0n) is 24.8.